The fraction of sp³-hybridized carbons (Fsp3) is 0.0667. The Hall–Kier alpha value is -5.64. The van der Waals surface area contributed by atoms with Gasteiger partial charge in [-0.25, -0.2) is 18.7 Å². The molecule has 0 saturated heterocycles. The van der Waals surface area contributed by atoms with Crippen LogP contribution >= 0.6 is 0 Å². The monoisotopic (exact) mass is 536 g/mol. The molecular formula is C30H20N2O8. The molecule has 10 nitrogen and oxygen atoms in total. The Morgan fingerprint density at radius 2 is 0.875 bits per heavy atom. The first-order valence-corrected chi connectivity index (χ1v) is 12.0. The topological polar surface area (TPSA) is 131 Å². The van der Waals surface area contributed by atoms with Crippen LogP contribution in [0.4, 0.5) is 0 Å². The van der Waals surface area contributed by atoms with Crippen molar-refractivity contribution >= 4 is 33.5 Å². The van der Waals surface area contributed by atoms with E-state index in [1.807, 2.05) is 0 Å². The Morgan fingerprint density at radius 1 is 0.575 bits per heavy atom. The molecule has 0 unspecified atom stereocenters. The highest BCUT2D eigenvalue weighted by molar-refractivity contribution is 5.98. The fourth-order valence-electron chi connectivity index (χ4n) is 4.37. The summed E-state index contributed by atoms with van der Waals surface area (Å²) in [6.07, 6.45) is 2.86. The van der Waals surface area contributed by atoms with Gasteiger partial charge < -0.3 is 9.47 Å². The van der Waals surface area contributed by atoms with Crippen LogP contribution in [-0.2, 0) is 9.47 Å². The van der Waals surface area contributed by atoms with Gasteiger partial charge in [0.2, 0.25) is 0 Å². The van der Waals surface area contributed by atoms with Gasteiger partial charge in [0.25, 0.3) is 22.2 Å². The van der Waals surface area contributed by atoms with E-state index in [1.54, 1.807) is 0 Å². The summed E-state index contributed by atoms with van der Waals surface area (Å²) >= 11 is 0. The zero-order valence-corrected chi connectivity index (χ0v) is 20.9. The van der Waals surface area contributed by atoms with Crippen LogP contribution < -0.4 is 22.2 Å². The Morgan fingerprint density at radius 3 is 1.15 bits per heavy atom. The van der Waals surface area contributed by atoms with E-state index in [4.69, 9.17) is 9.47 Å². The van der Waals surface area contributed by atoms with Crippen molar-refractivity contribution in [3.8, 4) is 11.4 Å². The van der Waals surface area contributed by atoms with Gasteiger partial charge in [-0.05, 0) is 60.7 Å². The Bertz CT molecular complexity index is 1810. The number of carbonyl (C=O) groups is 2. The van der Waals surface area contributed by atoms with Crippen LogP contribution in [0, 0.1) is 0 Å². The van der Waals surface area contributed by atoms with Crippen LogP contribution in [0.25, 0.3) is 32.9 Å². The predicted molar refractivity (Wildman–Crippen MR) is 149 cm³/mol. The number of aromatic nitrogens is 2. The van der Waals surface area contributed by atoms with Crippen molar-refractivity contribution in [3.05, 3.63) is 139 Å². The second-order valence-corrected chi connectivity index (χ2v) is 8.70. The lowest BCUT2D eigenvalue weighted by Crippen LogP contribution is -2.24. The van der Waals surface area contributed by atoms with Crippen molar-refractivity contribution in [3.63, 3.8) is 0 Å². The normalized spacial score (nSPS) is 11.0. The van der Waals surface area contributed by atoms with Crippen molar-refractivity contribution in [1.82, 2.24) is 9.13 Å². The molecule has 0 fully saturated rings. The summed E-state index contributed by atoms with van der Waals surface area (Å²) in [6.45, 7) is 7.02. The minimum absolute atomic E-state index is 0.0264. The third-order valence-electron chi connectivity index (χ3n) is 6.28. The fourth-order valence-corrected chi connectivity index (χ4v) is 4.37. The van der Waals surface area contributed by atoms with Gasteiger partial charge in [0.1, 0.15) is 13.2 Å². The van der Waals surface area contributed by atoms with Gasteiger partial charge in [-0.1, -0.05) is 25.3 Å². The molecule has 3 aromatic carbocycles. The van der Waals surface area contributed by atoms with Gasteiger partial charge in [-0.2, -0.15) is 0 Å². The van der Waals surface area contributed by atoms with Crippen molar-refractivity contribution in [2.45, 2.75) is 0 Å². The number of esters is 2. The molecule has 5 rings (SSSR count). The van der Waals surface area contributed by atoms with E-state index in [1.165, 1.54) is 72.8 Å². The van der Waals surface area contributed by atoms with Crippen LogP contribution in [0.15, 0.2) is 105 Å². The second-order valence-electron chi connectivity index (χ2n) is 8.70. The van der Waals surface area contributed by atoms with Gasteiger partial charge in [0.05, 0.1) is 44.0 Å². The average Bonchev–Trinajstić information content (AvgIpc) is 3.37. The number of rotatable bonds is 8. The molecule has 40 heavy (non-hydrogen) atoms. The molecule has 0 aliphatic rings. The highest BCUT2D eigenvalue weighted by atomic mass is 16.5. The predicted octanol–water partition coefficient (Wildman–Crippen LogP) is 2.58. The highest BCUT2D eigenvalue weighted by Crippen LogP contribution is 2.18. The third kappa shape index (κ3) is 4.27. The molecular weight excluding hydrogens is 516 g/mol. The molecule has 2 aromatic heterocycles. The largest absolute Gasteiger partial charge is 0.458 e. The first kappa shape index (κ1) is 26.0. The van der Waals surface area contributed by atoms with E-state index in [0.717, 1.165) is 9.13 Å². The lowest BCUT2D eigenvalue weighted by Gasteiger charge is -2.04. The minimum Gasteiger partial charge on any atom is -0.458 e. The molecule has 0 N–H and O–H groups in total. The van der Waals surface area contributed by atoms with Gasteiger partial charge in [0, 0.05) is 0 Å². The molecule has 0 atom stereocenters. The summed E-state index contributed by atoms with van der Waals surface area (Å²) in [5.74, 6) is -1.18. The van der Waals surface area contributed by atoms with Crippen LogP contribution in [0.5, 0.6) is 0 Å². The van der Waals surface area contributed by atoms with Gasteiger partial charge >= 0.3 is 11.9 Å². The van der Waals surface area contributed by atoms with Crippen LogP contribution in [0.1, 0.15) is 20.7 Å². The maximum Gasteiger partial charge on any atom is 0.338 e. The second kappa shape index (κ2) is 10.3. The molecule has 2 heterocycles. The SMILES string of the molecule is C=CCOC(=O)c1ccc(-n2c(=O)c3cc4c(=O)n(-c5ccc(C(=O)OCC=C)cc5)c(=O)c4cc3c2=O)cc1. The Kier molecular flexibility index (Phi) is 6.66. The number of carbonyl (C=O) groups excluding carboxylic acids is 2. The summed E-state index contributed by atoms with van der Waals surface area (Å²) < 4.78 is 11.8. The molecule has 0 radical (unpaired) electrons. The highest BCUT2D eigenvalue weighted by Gasteiger charge is 2.21. The van der Waals surface area contributed by atoms with E-state index in [-0.39, 0.29) is 57.3 Å². The van der Waals surface area contributed by atoms with Crippen LogP contribution in [0.3, 0.4) is 0 Å². The van der Waals surface area contributed by atoms with E-state index in [0.29, 0.717) is 0 Å². The Labute approximate surface area is 224 Å². The molecule has 0 aliphatic carbocycles. The summed E-state index contributed by atoms with van der Waals surface area (Å²) in [4.78, 5) is 77.0. The number of nitrogens with zero attached hydrogens (tertiary/aromatic N) is 2. The van der Waals surface area contributed by atoms with E-state index < -0.39 is 34.2 Å². The van der Waals surface area contributed by atoms with Crippen molar-refractivity contribution in [1.29, 1.82) is 0 Å². The smallest absolute Gasteiger partial charge is 0.338 e. The van der Waals surface area contributed by atoms with Gasteiger partial charge in [-0.15, -0.1) is 0 Å². The summed E-state index contributed by atoms with van der Waals surface area (Å²) in [7, 11) is 0. The molecule has 0 spiro atoms. The van der Waals surface area contributed by atoms with Gasteiger partial charge in [0.15, 0.2) is 0 Å². The summed E-state index contributed by atoms with van der Waals surface area (Å²) in [5.41, 5.74) is -1.85. The number of fused-ring (bicyclic) bond motifs is 2. The quantitative estimate of drug-likeness (QED) is 0.219. The zero-order valence-electron chi connectivity index (χ0n) is 20.9. The molecule has 198 valence electrons. The first-order valence-electron chi connectivity index (χ1n) is 12.0. The third-order valence-corrected chi connectivity index (χ3v) is 6.28. The summed E-state index contributed by atoms with van der Waals surface area (Å²) in [6, 6.07) is 13.9. The number of hydrogen-bond acceptors (Lipinski definition) is 8. The molecule has 0 amide bonds. The lowest BCUT2D eigenvalue weighted by atomic mass is 10.1. The standard InChI is InChI=1S/C30H20N2O8/c1-3-13-39-29(37)17-5-9-19(10-6-17)31-25(33)21-15-23-24(16-22(21)26(31)34)28(36)32(27(23)35)20-11-7-18(8-12-20)30(38)40-14-4-2/h3-12,15-16H,1-2,13-14H2. The van der Waals surface area contributed by atoms with E-state index >= 15 is 0 Å². The number of hydrogen-bond donors (Lipinski definition) is 0. The maximum absolute atomic E-state index is 13.2. The molecule has 0 aliphatic heterocycles. The Balaban J connectivity index is 1.57. The number of benzene rings is 3. The van der Waals surface area contributed by atoms with Crippen molar-refractivity contribution in [2.24, 2.45) is 0 Å². The molecule has 10 heteroatoms. The van der Waals surface area contributed by atoms with Gasteiger partial charge in [-0.3, -0.25) is 19.2 Å². The lowest BCUT2D eigenvalue weighted by molar-refractivity contribution is 0.0540. The molecule has 0 saturated carbocycles. The summed E-state index contributed by atoms with van der Waals surface area (Å²) in [5, 5.41) is -0.105. The molecule has 0 bridgehead atoms. The van der Waals surface area contributed by atoms with Crippen LogP contribution in [-0.4, -0.2) is 34.3 Å². The maximum atomic E-state index is 13.2. The molecule has 5 aromatic rings. The van der Waals surface area contributed by atoms with E-state index in [2.05, 4.69) is 13.2 Å². The van der Waals surface area contributed by atoms with E-state index in [9.17, 15) is 28.8 Å². The van der Waals surface area contributed by atoms with Crippen molar-refractivity contribution < 1.29 is 19.1 Å². The first-order chi connectivity index (χ1) is 19.3. The number of ether oxygens (including phenoxy) is 2. The minimum atomic E-state index is -0.675. The van der Waals surface area contributed by atoms with Crippen molar-refractivity contribution in [2.75, 3.05) is 13.2 Å². The van der Waals surface area contributed by atoms with Crippen LogP contribution in [0.2, 0.25) is 0 Å². The zero-order chi connectivity index (χ0) is 28.6. The average molecular weight is 536 g/mol.